The first-order valence-corrected chi connectivity index (χ1v) is 10.5. The van der Waals surface area contributed by atoms with E-state index in [0.717, 1.165) is 5.56 Å². The van der Waals surface area contributed by atoms with E-state index >= 15 is 0 Å². The zero-order valence-corrected chi connectivity index (χ0v) is 16.2. The van der Waals surface area contributed by atoms with Crippen LogP contribution in [0.25, 0.3) is 0 Å². The molecule has 2 aromatic rings. The zero-order valence-electron chi connectivity index (χ0n) is 14.6. The van der Waals surface area contributed by atoms with Crippen LogP contribution in [-0.4, -0.2) is 58.1 Å². The Morgan fingerprint density at radius 2 is 1.85 bits per heavy atom. The summed E-state index contributed by atoms with van der Waals surface area (Å²) in [5, 5.41) is 4.31. The second-order valence-corrected chi connectivity index (χ2v) is 8.59. The third-order valence-corrected chi connectivity index (χ3v) is 6.67. The quantitative estimate of drug-likeness (QED) is 0.529. The van der Waals surface area contributed by atoms with Crippen molar-refractivity contribution >= 4 is 22.2 Å². The summed E-state index contributed by atoms with van der Waals surface area (Å²) in [6.07, 6.45) is 3.47. The highest BCUT2D eigenvalue weighted by atomic mass is 32.2. The lowest BCUT2D eigenvalue weighted by Crippen LogP contribution is -2.49. The topological polar surface area (TPSA) is 63.4 Å². The highest BCUT2D eigenvalue weighted by Gasteiger charge is 2.27. The highest BCUT2D eigenvalue weighted by Crippen LogP contribution is 2.14. The molecule has 140 valence electrons. The number of hydrogen-bond donors (Lipinski definition) is 0. The molecule has 1 fully saturated rings. The molecule has 2 heterocycles. The fourth-order valence-electron chi connectivity index (χ4n) is 2.95. The van der Waals surface area contributed by atoms with E-state index in [0.29, 0.717) is 44.2 Å². The maximum Gasteiger partial charge on any atom is 0.218 e. The van der Waals surface area contributed by atoms with Crippen LogP contribution >= 0.6 is 12.2 Å². The molecule has 0 aliphatic carbocycles. The Bertz CT molecular complexity index is 897. The molecule has 0 saturated carbocycles. The van der Waals surface area contributed by atoms with Gasteiger partial charge in [0.1, 0.15) is 6.33 Å². The average Bonchev–Trinajstić information content (AvgIpc) is 2.96. The minimum absolute atomic E-state index is 0.0465. The van der Waals surface area contributed by atoms with Gasteiger partial charge in [0.05, 0.1) is 12.4 Å². The van der Waals surface area contributed by atoms with Gasteiger partial charge in [-0.25, -0.2) is 13.1 Å². The molecular weight excluding hydrogens is 370 g/mol. The fraction of sp³-hybridized carbons (Fsp3) is 0.412. The average molecular weight is 394 g/mol. The Hall–Kier alpha value is -1.81. The van der Waals surface area contributed by atoms with E-state index in [4.69, 9.17) is 12.2 Å². The van der Waals surface area contributed by atoms with E-state index < -0.39 is 10.0 Å². The molecule has 1 aliphatic rings. The third kappa shape index (κ3) is 4.47. The number of benzene rings is 1. The van der Waals surface area contributed by atoms with Gasteiger partial charge in [-0.15, -0.1) is 6.58 Å². The van der Waals surface area contributed by atoms with Crippen molar-refractivity contribution in [2.75, 3.05) is 26.2 Å². The van der Waals surface area contributed by atoms with Crippen molar-refractivity contribution < 1.29 is 8.42 Å². The van der Waals surface area contributed by atoms with Crippen molar-refractivity contribution in [2.24, 2.45) is 0 Å². The highest BCUT2D eigenvalue weighted by molar-refractivity contribution is 7.88. The second-order valence-electron chi connectivity index (χ2n) is 6.25. The summed E-state index contributed by atoms with van der Waals surface area (Å²) < 4.78 is 31.0. The van der Waals surface area contributed by atoms with Gasteiger partial charge in [-0.05, 0) is 17.8 Å². The third-order valence-electron chi connectivity index (χ3n) is 4.37. The van der Waals surface area contributed by atoms with Crippen LogP contribution in [0, 0.1) is 4.77 Å². The molecule has 1 aromatic carbocycles. The summed E-state index contributed by atoms with van der Waals surface area (Å²) >= 11 is 5.40. The first-order valence-electron chi connectivity index (χ1n) is 8.47. The molecule has 0 N–H and O–H groups in total. The lowest BCUT2D eigenvalue weighted by Gasteiger charge is -2.33. The summed E-state index contributed by atoms with van der Waals surface area (Å²) in [7, 11) is -3.30. The predicted octanol–water partition coefficient (Wildman–Crippen LogP) is 1.71. The standard InChI is InChI=1S/C17H23N5O2S2/c1-2-8-20-14-18-22(17(20)25)15-19-9-11-21(12-10-19)26(23,24)13-16-6-4-3-5-7-16/h2-7,14H,1,8-13,15H2. The number of piperazine rings is 1. The number of nitrogens with zero attached hydrogens (tertiary/aromatic N) is 5. The SMILES string of the molecule is C=CCn1cnn(CN2CCN(S(=O)(=O)Cc3ccccc3)CC2)c1=S. The summed E-state index contributed by atoms with van der Waals surface area (Å²) in [5.41, 5.74) is 0.814. The summed E-state index contributed by atoms with van der Waals surface area (Å²) in [6, 6.07) is 9.29. The molecule has 1 saturated heterocycles. The van der Waals surface area contributed by atoms with E-state index in [1.807, 2.05) is 34.9 Å². The summed E-state index contributed by atoms with van der Waals surface area (Å²) in [6.45, 7) is 7.18. The maximum atomic E-state index is 12.6. The Labute approximate surface area is 159 Å². The molecule has 0 amide bonds. The van der Waals surface area contributed by atoms with Crippen LogP contribution in [0.15, 0.2) is 49.3 Å². The molecule has 0 bridgehead atoms. The number of sulfonamides is 1. The normalized spacial score (nSPS) is 16.6. The molecule has 0 radical (unpaired) electrons. The first kappa shape index (κ1) is 19.0. The van der Waals surface area contributed by atoms with Gasteiger partial charge in [0.2, 0.25) is 10.0 Å². The van der Waals surface area contributed by atoms with Gasteiger partial charge < -0.3 is 4.57 Å². The van der Waals surface area contributed by atoms with Crippen LogP contribution in [0.2, 0.25) is 0 Å². The monoisotopic (exact) mass is 393 g/mol. The lowest BCUT2D eigenvalue weighted by molar-refractivity contribution is 0.144. The molecule has 1 aliphatic heterocycles. The van der Waals surface area contributed by atoms with Crippen LogP contribution in [-0.2, 0) is 29.0 Å². The molecule has 0 unspecified atom stereocenters. The molecule has 1 aromatic heterocycles. The number of hydrogen-bond acceptors (Lipinski definition) is 5. The van der Waals surface area contributed by atoms with Crippen LogP contribution in [0.3, 0.4) is 0 Å². The number of allylic oxidation sites excluding steroid dienone is 1. The van der Waals surface area contributed by atoms with Crippen molar-refractivity contribution in [1.82, 2.24) is 23.6 Å². The van der Waals surface area contributed by atoms with Gasteiger partial charge in [-0.3, -0.25) is 4.90 Å². The van der Waals surface area contributed by atoms with E-state index in [2.05, 4.69) is 16.6 Å². The molecule has 0 atom stereocenters. The minimum atomic E-state index is -3.30. The predicted molar refractivity (Wildman–Crippen MR) is 103 cm³/mol. The van der Waals surface area contributed by atoms with Gasteiger partial charge in [-0.2, -0.15) is 9.40 Å². The first-order chi connectivity index (χ1) is 12.5. The van der Waals surface area contributed by atoms with Crippen molar-refractivity contribution in [3.63, 3.8) is 0 Å². The molecule has 26 heavy (non-hydrogen) atoms. The largest absolute Gasteiger partial charge is 0.303 e. The fourth-order valence-corrected chi connectivity index (χ4v) is 4.69. The molecule has 9 heteroatoms. The van der Waals surface area contributed by atoms with Gasteiger partial charge in [0.15, 0.2) is 4.77 Å². The lowest BCUT2D eigenvalue weighted by atomic mass is 10.2. The van der Waals surface area contributed by atoms with Gasteiger partial charge in [0, 0.05) is 32.7 Å². The molecule has 3 rings (SSSR count). The van der Waals surface area contributed by atoms with E-state index in [9.17, 15) is 8.42 Å². The van der Waals surface area contributed by atoms with Crippen LogP contribution < -0.4 is 0 Å². The summed E-state index contributed by atoms with van der Waals surface area (Å²) in [5.74, 6) is 0.0465. The van der Waals surface area contributed by atoms with Crippen LogP contribution in [0.1, 0.15) is 5.56 Å². The molecule has 0 spiro atoms. The Morgan fingerprint density at radius 1 is 1.15 bits per heavy atom. The Morgan fingerprint density at radius 3 is 2.50 bits per heavy atom. The number of aromatic nitrogens is 3. The van der Waals surface area contributed by atoms with Crippen LogP contribution in [0.5, 0.6) is 0 Å². The van der Waals surface area contributed by atoms with E-state index in [1.54, 1.807) is 21.4 Å². The van der Waals surface area contributed by atoms with Crippen LogP contribution in [0.4, 0.5) is 0 Å². The number of rotatable bonds is 7. The van der Waals surface area contributed by atoms with E-state index in [1.165, 1.54) is 0 Å². The molecular formula is C17H23N5O2S2. The van der Waals surface area contributed by atoms with Crippen molar-refractivity contribution in [2.45, 2.75) is 19.0 Å². The van der Waals surface area contributed by atoms with E-state index in [-0.39, 0.29) is 5.75 Å². The minimum Gasteiger partial charge on any atom is -0.303 e. The van der Waals surface area contributed by atoms with Crippen molar-refractivity contribution in [3.8, 4) is 0 Å². The van der Waals surface area contributed by atoms with Crippen molar-refractivity contribution in [3.05, 3.63) is 59.6 Å². The zero-order chi connectivity index (χ0) is 18.6. The Kier molecular flexibility index (Phi) is 6.02. The smallest absolute Gasteiger partial charge is 0.218 e. The summed E-state index contributed by atoms with van der Waals surface area (Å²) in [4.78, 5) is 2.16. The van der Waals surface area contributed by atoms with Crippen molar-refractivity contribution in [1.29, 1.82) is 0 Å². The van der Waals surface area contributed by atoms with Gasteiger partial charge in [-0.1, -0.05) is 36.4 Å². The van der Waals surface area contributed by atoms with Gasteiger partial charge in [0.25, 0.3) is 0 Å². The second kappa shape index (κ2) is 8.26. The maximum absolute atomic E-state index is 12.6. The van der Waals surface area contributed by atoms with Gasteiger partial charge >= 0.3 is 0 Å². The molecule has 7 nitrogen and oxygen atoms in total. The Balaban J connectivity index is 1.57.